The lowest BCUT2D eigenvalue weighted by atomic mass is 10.1. The van der Waals surface area contributed by atoms with Crippen LogP contribution in [-0.4, -0.2) is 20.2 Å². The summed E-state index contributed by atoms with van der Waals surface area (Å²) in [6.45, 7) is 0.598. The van der Waals surface area contributed by atoms with Crippen LogP contribution in [-0.2, 0) is 6.54 Å². The number of ether oxygens (including phenoxy) is 1. The Hall–Kier alpha value is -2.69. The zero-order valence-corrected chi connectivity index (χ0v) is 10.7. The van der Waals surface area contributed by atoms with Gasteiger partial charge in [-0.3, -0.25) is 0 Å². The predicted octanol–water partition coefficient (Wildman–Crippen LogP) is 2.47. The molecule has 1 aliphatic rings. The van der Waals surface area contributed by atoms with E-state index in [1.807, 2.05) is 42.5 Å². The quantitative estimate of drug-likeness (QED) is 0.677. The van der Waals surface area contributed by atoms with Crippen LogP contribution < -0.4 is 4.74 Å². The third-order valence-electron chi connectivity index (χ3n) is 3.44. The van der Waals surface area contributed by atoms with Gasteiger partial charge in [0.2, 0.25) is 0 Å². The lowest BCUT2D eigenvalue weighted by Gasteiger charge is -2.17. The van der Waals surface area contributed by atoms with Crippen LogP contribution in [0.4, 0.5) is 0 Å². The van der Waals surface area contributed by atoms with Crippen LogP contribution in [0.25, 0.3) is 11.4 Å². The molecule has 5 nitrogen and oxygen atoms in total. The molecule has 4 rings (SSSR count). The van der Waals surface area contributed by atoms with Gasteiger partial charge >= 0.3 is 0 Å². The minimum absolute atomic E-state index is 0.0953. The lowest BCUT2D eigenvalue weighted by Crippen LogP contribution is -2.14. The summed E-state index contributed by atoms with van der Waals surface area (Å²) in [4.78, 5) is 0. The van der Waals surface area contributed by atoms with Crippen LogP contribution in [0.15, 0.2) is 54.6 Å². The van der Waals surface area contributed by atoms with Crippen molar-refractivity contribution in [2.75, 3.05) is 0 Å². The molecule has 0 aliphatic carbocycles. The Morgan fingerprint density at radius 3 is 2.70 bits per heavy atom. The van der Waals surface area contributed by atoms with Gasteiger partial charge in [-0.1, -0.05) is 42.5 Å². The molecule has 0 saturated heterocycles. The largest absolute Gasteiger partial charge is 0.483 e. The van der Waals surface area contributed by atoms with Crippen molar-refractivity contribution in [2.24, 2.45) is 0 Å². The van der Waals surface area contributed by atoms with Crippen molar-refractivity contribution in [1.82, 2.24) is 20.2 Å². The van der Waals surface area contributed by atoms with Crippen LogP contribution in [0.2, 0.25) is 0 Å². The molecule has 0 radical (unpaired) electrons. The van der Waals surface area contributed by atoms with Crippen molar-refractivity contribution in [1.29, 1.82) is 0 Å². The van der Waals surface area contributed by atoms with Gasteiger partial charge in [0.25, 0.3) is 0 Å². The van der Waals surface area contributed by atoms with Crippen molar-refractivity contribution < 1.29 is 4.74 Å². The first-order valence-electron chi connectivity index (χ1n) is 6.49. The van der Waals surface area contributed by atoms with Crippen molar-refractivity contribution >= 4 is 0 Å². The van der Waals surface area contributed by atoms with E-state index in [9.17, 15) is 0 Å². The maximum Gasteiger partial charge on any atom is 0.185 e. The fourth-order valence-electron chi connectivity index (χ4n) is 2.46. The van der Waals surface area contributed by atoms with Crippen molar-refractivity contribution in [3.05, 3.63) is 60.2 Å². The molecule has 0 N–H and O–H groups in total. The highest BCUT2D eigenvalue weighted by Gasteiger charge is 2.25. The molecule has 1 aromatic heterocycles. The molecular weight excluding hydrogens is 252 g/mol. The molecule has 0 saturated carbocycles. The van der Waals surface area contributed by atoms with Gasteiger partial charge in [0, 0.05) is 0 Å². The topological polar surface area (TPSA) is 52.8 Å². The number of para-hydroxylation sites is 1. The third kappa shape index (κ3) is 1.75. The van der Waals surface area contributed by atoms with E-state index in [0.717, 1.165) is 22.7 Å². The summed E-state index contributed by atoms with van der Waals surface area (Å²) in [6.07, 6.45) is -0.0953. The van der Waals surface area contributed by atoms with Crippen LogP contribution in [0.3, 0.4) is 0 Å². The molecule has 0 fully saturated rings. The standard InChI is InChI=1S/C15H12N4O/c1-2-6-11(7-3-1)14-10-19-15(16-17-18-19)12-8-4-5-9-13(12)20-14/h1-9,14H,10H2/t14-/m1/s1. The summed E-state index contributed by atoms with van der Waals surface area (Å²) < 4.78 is 7.95. The summed E-state index contributed by atoms with van der Waals surface area (Å²) >= 11 is 0. The highest BCUT2D eigenvalue weighted by atomic mass is 16.5. The van der Waals surface area contributed by atoms with Gasteiger partial charge in [-0.05, 0) is 28.1 Å². The SMILES string of the molecule is c1ccc([C@H]2Cn3nnnc3-c3ccccc3O2)cc1. The average Bonchev–Trinajstić information content (AvgIpc) is 2.90. The van der Waals surface area contributed by atoms with Gasteiger partial charge < -0.3 is 4.74 Å². The van der Waals surface area contributed by atoms with Gasteiger partial charge in [0.05, 0.1) is 12.1 Å². The molecule has 0 unspecified atom stereocenters. The fourth-order valence-corrected chi connectivity index (χ4v) is 2.46. The predicted molar refractivity (Wildman–Crippen MR) is 73.1 cm³/mol. The van der Waals surface area contributed by atoms with Gasteiger partial charge in [0.15, 0.2) is 5.82 Å². The Balaban J connectivity index is 1.85. The molecular formula is C15H12N4O. The zero-order chi connectivity index (χ0) is 13.4. The van der Waals surface area contributed by atoms with Gasteiger partial charge in [0.1, 0.15) is 11.9 Å². The van der Waals surface area contributed by atoms with Crippen LogP contribution in [0, 0.1) is 0 Å². The van der Waals surface area contributed by atoms with E-state index in [1.54, 1.807) is 4.68 Å². The molecule has 0 spiro atoms. The van der Waals surface area contributed by atoms with Crippen molar-refractivity contribution in [3.8, 4) is 17.1 Å². The number of rotatable bonds is 1. The van der Waals surface area contributed by atoms with E-state index >= 15 is 0 Å². The number of fused-ring (bicyclic) bond motifs is 3. The zero-order valence-electron chi connectivity index (χ0n) is 10.7. The normalized spacial score (nSPS) is 16.7. The number of aromatic nitrogens is 4. The van der Waals surface area contributed by atoms with E-state index in [4.69, 9.17) is 4.74 Å². The first kappa shape index (κ1) is 11.2. The number of nitrogens with zero attached hydrogens (tertiary/aromatic N) is 4. The van der Waals surface area contributed by atoms with Crippen LogP contribution in [0.5, 0.6) is 5.75 Å². The molecule has 2 heterocycles. The second-order valence-corrected chi connectivity index (χ2v) is 4.70. The summed E-state index contributed by atoms with van der Waals surface area (Å²) in [7, 11) is 0. The maximum atomic E-state index is 6.16. The Labute approximate surface area is 115 Å². The Morgan fingerprint density at radius 1 is 1.00 bits per heavy atom. The second-order valence-electron chi connectivity index (χ2n) is 4.70. The molecule has 3 aromatic rings. The number of hydrogen-bond donors (Lipinski definition) is 0. The van der Waals surface area contributed by atoms with E-state index < -0.39 is 0 Å². The first-order chi connectivity index (χ1) is 9.92. The van der Waals surface area contributed by atoms with Gasteiger partial charge in [-0.15, -0.1) is 5.10 Å². The monoisotopic (exact) mass is 264 g/mol. The van der Waals surface area contributed by atoms with Crippen molar-refractivity contribution in [2.45, 2.75) is 12.6 Å². The number of hydrogen-bond acceptors (Lipinski definition) is 4. The first-order valence-corrected chi connectivity index (χ1v) is 6.49. The number of benzene rings is 2. The molecule has 1 atom stereocenters. The smallest absolute Gasteiger partial charge is 0.185 e. The van der Waals surface area contributed by atoms with Crippen molar-refractivity contribution in [3.63, 3.8) is 0 Å². The second kappa shape index (κ2) is 4.45. The van der Waals surface area contributed by atoms with Crippen LogP contribution in [0.1, 0.15) is 11.7 Å². The Morgan fingerprint density at radius 2 is 1.80 bits per heavy atom. The molecule has 20 heavy (non-hydrogen) atoms. The molecule has 0 amide bonds. The van der Waals surface area contributed by atoms with E-state index in [1.165, 1.54) is 0 Å². The highest BCUT2D eigenvalue weighted by Crippen LogP contribution is 2.35. The molecule has 98 valence electrons. The molecule has 0 bridgehead atoms. The minimum Gasteiger partial charge on any atom is -0.483 e. The van der Waals surface area contributed by atoms with Crippen LogP contribution >= 0.6 is 0 Å². The molecule has 5 heteroatoms. The number of tetrazole rings is 1. The third-order valence-corrected chi connectivity index (χ3v) is 3.44. The minimum atomic E-state index is -0.0953. The Kier molecular flexibility index (Phi) is 2.48. The lowest BCUT2D eigenvalue weighted by molar-refractivity contribution is 0.184. The molecule has 1 aliphatic heterocycles. The van der Waals surface area contributed by atoms with E-state index in [-0.39, 0.29) is 6.10 Å². The highest BCUT2D eigenvalue weighted by molar-refractivity contribution is 5.64. The van der Waals surface area contributed by atoms with Gasteiger partial charge in [-0.25, -0.2) is 4.68 Å². The summed E-state index contributed by atoms with van der Waals surface area (Å²) in [6, 6.07) is 18.0. The van der Waals surface area contributed by atoms with E-state index in [0.29, 0.717) is 6.54 Å². The summed E-state index contributed by atoms with van der Waals surface area (Å²) in [5, 5.41) is 12.0. The van der Waals surface area contributed by atoms with Gasteiger partial charge in [-0.2, -0.15) is 0 Å². The fraction of sp³-hybridized carbons (Fsp3) is 0.133. The molecule has 2 aromatic carbocycles. The summed E-state index contributed by atoms with van der Waals surface area (Å²) in [5.41, 5.74) is 2.04. The Bertz CT molecular complexity index is 738. The average molecular weight is 264 g/mol. The van der Waals surface area contributed by atoms with E-state index in [2.05, 4.69) is 27.7 Å². The summed E-state index contributed by atoms with van der Waals surface area (Å²) in [5.74, 6) is 1.56. The maximum absolute atomic E-state index is 6.16.